The smallest absolute Gasteiger partial charge is 0.240 e. The van der Waals surface area contributed by atoms with Gasteiger partial charge in [0, 0.05) is 6.20 Å². The molecule has 5 rings (SSSR count). The summed E-state index contributed by atoms with van der Waals surface area (Å²) in [5.41, 5.74) is 6.22. The minimum Gasteiger partial charge on any atom is -0.307 e. The van der Waals surface area contributed by atoms with Gasteiger partial charge >= 0.3 is 0 Å². The molecule has 0 amide bonds. The van der Waals surface area contributed by atoms with Crippen molar-refractivity contribution in [3.8, 4) is 0 Å². The van der Waals surface area contributed by atoms with E-state index in [1.54, 1.807) is 12.3 Å². The number of sulfonamides is 1. The van der Waals surface area contributed by atoms with Crippen LogP contribution in [0.4, 0.5) is 0 Å². The van der Waals surface area contributed by atoms with Crippen LogP contribution in [0.3, 0.4) is 0 Å². The summed E-state index contributed by atoms with van der Waals surface area (Å²) in [5.74, 6) is 0.640. The quantitative estimate of drug-likeness (QED) is 0.483. The van der Waals surface area contributed by atoms with Crippen LogP contribution in [0.25, 0.3) is 11.2 Å². The minimum atomic E-state index is -3.65. The lowest BCUT2D eigenvalue weighted by Gasteiger charge is -2.17. The van der Waals surface area contributed by atoms with E-state index in [-0.39, 0.29) is 6.54 Å². The number of hydrogen-bond donors (Lipinski definition) is 1. The van der Waals surface area contributed by atoms with Crippen LogP contribution >= 0.6 is 0 Å². The highest BCUT2D eigenvalue weighted by atomic mass is 32.2. The van der Waals surface area contributed by atoms with E-state index >= 15 is 0 Å². The Balaban J connectivity index is 1.43. The van der Waals surface area contributed by atoms with E-state index in [0.717, 1.165) is 41.6 Å². The zero-order valence-corrected chi connectivity index (χ0v) is 18.9. The average molecular weight is 447 g/mol. The fourth-order valence-electron chi connectivity index (χ4n) is 4.30. The normalized spacial score (nSPS) is 13.9. The van der Waals surface area contributed by atoms with Gasteiger partial charge in [0.05, 0.1) is 18.0 Å². The molecule has 0 aliphatic heterocycles. The van der Waals surface area contributed by atoms with Crippen molar-refractivity contribution in [2.45, 2.75) is 50.6 Å². The van der Waals surface area contributed by atoms with Crippen LogP contribution in [0.5, 0.6) is 0 Å². The maximum absolute atomic E-state index is 13.0. The SMILES string of the molecule is Cc1ccc(Cn2c(CNS(=O)(=O)c3ccc4c(c3)CCCC4)nc3cccnc32)cc1. The highest BCUT2D eigenvalue weighted by Gasteiger charge is 2.20. The van der Waals surface area contributed by atoms with Gasteiger partial charge in [-0.3, -0.25) is 0 Å². The van der Waals surface area contributed by atoms with Crippen molar-refractivity contribution < 1.29 is 8.42 Å². The second kappa shape index (κ2) is 8.48. The van der Waals surface area contributed by atoms with E-state index in [2.05, 4.69) is 45.9 Å². The molecule has 0 saturated heterocycles. The fourth-order valence-corrected chi connectivity index (χ4v) is 5.33. The number of rotatable bonds is 6. The first kappa shape index (κ1) is 20.8. The van der Waals surface area contributed by atoms with Gasteiger partial charge in [0.1, 0.15) is 11.3 Å². The molecule has 1 aliphatic carbocycles. The van der Waals surface area contributed by atoms with Crippen LogP contribution in [0, 0.1) is 6.92 Å². The molecule has 0 radical (unpaired) electrons. The molecular formula is C25H26N4O2S. The van der Waals surface area contributed by atoms with E-state index in [9.17, 15) is 8.42 Å². The van der Waals surface area contributed by atoms with Crippen molar-refractivity contribution in [1.29, 1.82) is 0 Å². The van der Waals surface area contributed by atoms with Crippen LogP contribution in [0.2, 0.25) is 0 Å². The van der Waals surface area contributed by atoms with Crippen molar-refractivity contribution in [3.05, 3.63) is 88.9 Å². The van der Waals surface area contributed by atoms with Crippen LogP contribution in [0.15, 0.2) is 65.7 Å². The largest absolute Gasteiger partial charge is 0.307 e. The molecule has 0 atom stereocenters. The molecule has 0 fully saturated rings. The summed E-state index contributed by atoms with van der Waals surface area (Å²) in [5, 5.41) is 0. The topological polar surface area (TPSA) is 76.9 Å². The first-order valence-electron chi connectivity index (χ1n) is 11.0. The first-order chi connectivity index (χ1) is 15.5. The van der Waals surface area contributed by atoms with Gasteiger partial charge in [-0.15, -0.1) is 0 Å². The molecule has 1 aliphatic rings. The number of benzene rings is 2. The molecule has 6 nitrogen and oxygen atoms in total. The van der Waals surface area contributed by atoms with Gasteiger partial charge in [0.15, 0.2) is 5.65 Å². The summed E-state index contributed by atoms with van der Waals surface area (Å²) in [6, 6.07) is 17.5. The number of nitrogens with one attached hydrogen (secondary N) is 1. The van der Waals surface area contributed by atoms with Crippen molar-refractivity contribution in [3.63, 3.8) is 0 Å². The van der Waals surface area contributed by atoms with Crippen LogP contribution in [-0.4, -0.2) is 23.0 Å². The second-order valence-corrected chi connectivity index (χ2v) is 10.2. The van der Waals surface area contributed by atoms with Crippen molar-refractivity contribution in [2.75, 3.05) is 0 Å². The number of pyridine rings is 1. The minimum absolute atomic E-state index is 0.0988. The molecule has 2 heterocycles. The Hall–Kier alpha value is -3.03. The lowest BCUT2D eigenvalue weighted by atomic mass is 9.92. The summed E-state index contributed by atoms with van der Waals surface area (Å²) in [6.45, 7) is 2.73. The summed E-state index contributed by atoms with van der Waals surface area (Å²) in [4.78, 5) is 9.47. The van der Waals surface area contributed by atoms with Crippen LogP contribution < -0.4 is 4.72 Å². The molecule has 0 spiro atoms. The van der Waals surface area contributed by atoms with Gasteiger partial charge in [-0.2, -0.15) is 0 Å². The number of fused-ring (bicyclic) bond motifs is 2. The highest BCUT2D eigenvalue weighted by Crippen LogP contribution is 2.24. The molecule has 164 valence electrons. The van der Waals surface area contributed by atoms with E-state index in [1.165, 1.54) is 17.5 Å². The molecule has 1 N–H and O–H groups in total. The van der Waals surface area contributed by atoms with Crippen molar-refractivity contribution in [1.82, 2.24) is 19.3 Å². The molecule has 2 aromatic heterocycles. The zero-order valence-electron chi connectivity index (χ0n) is 18.1. The third-order valence-corrected chi connectivity index (χ3v) is 7.49. The lowest BCUT2D eigenvalue weighted by molar-refractivity contribution is 0.576. The van der Waals surface area contributed by atoms with Gasteiger partial charge in [-0.05, 0) is 73.6 Å². The Morgan fingerprint density at radius 3 is 2.59 bits per heavy atom. The highest BCUT2D eigenvalue weighted by molar-refractivity contribution is 7.89. The average Bonchev–Trinajstić information content (AvgIpc) is 3.16. The van der Waals surface area contributed by atoms with Gasteiger partial charge < -0.3 is 4.57 Å². The third-order valence-electron chi connectivity index (χ3n) is 6.09. The lowest BCUT2D eigenvalue weighted by Crippen LogP contribution is -2.25. The molecule has 32 heavy (non-hydrogen) atoms. The van der Waals surface area contributed by atoms with Gasteiger partial charge in [0.25, 0.3) is 0 Å². The number of imidazole rings is 1. The predicted molar refractivity (Wildman–Crippen MR) is 125 cm³/mol. The molecule has 7 heteroatoms. The van der Waals surface area contributed by atoms with E-state index < -0.39 is 10.0 Å². The third kappa shape index (κ3) is 4.18. The first-order valence-corrected chi connectivity index (χ1v) is 12.4. The van der Waals surface area contributed by atoms with E-state index in [1.807, 2.05) is 28.8 Å². The van der Waals surface area contributed by atoms with E-state index in [4.69, 9.17) is 0 Å². The van der Waals surface area contributed by atoms with Crippen LogP contribution in [0.1, 0.15) is 40.9 Å². The van der Waals surface area contributed by atoms with Crippen molar-refractivity contribution in [2.24, 2.45) is 0 Å². The Kier molecular flexibility index (Phi) is 5.53. The Labute approximate surface area is 188 Å². The Bertz CT molecular complexity index is 1380. The summed E-state index contributed by atoms with van der Waals surface area (Å²) in [7, 11) is -3.65. The van der Waals surface area contributed by atoms with Gasteiger partial charge in [-0.1, -0.05) is 35.9 Å². The maximum atomic E-state index is 13.0. The standard InChI is InChI=1S/C25H26N4O2S/c1-18-8-10-19(11-9-18)17-29-24(28-23-7-4-14-26-25(23)29)16-27-32(30,31)22-13-12-20-5-2-3-6-21(20)15-22/h4,7-15,27H,2-3,5-6,16-17H2,1H3. The summed E-state index contributed by atoms with van der Waals surface area (Å²) < 4.78 is 30.8. The number of aromatic nitrogens is 3. The molecular weight excluding hydrogens is 420 g/mol. The van der Waals surface area contributed by atoms with Crippen LogP contribution in [-0.2, 0) is 36.0 Å². The monoisotopic (exact) mass is 446 g/mol. The molecule has 0 saturated carbocycles. The molecule has 0 unspecified atom stereocenters. The van der Waals surface area contributed by atoms with Gasteiger partial charge in [0.2, 0.25) is 10.0 Å². The van der Waals surface area contributed by atoms with Crippen molar-refractivity contribution >= 4 is 21.2 Å². The summed E-state index contributed by atoms with van der Waals surface area (Å²) in [6.07, 6.45) is 5.98. The Morgan fingerprint density at radius 2 is 1.78 bits per heavy atom. The predicted octanol–water partition coefficient (Wildman–Crippen LogP) is 4.15. The molecule has 0 bridgehead atoms. The number of aryl methyl sites for hydroxylation is 3. The molecule has 2 aromatic carbocycles. The maximum Gasteiger partial charge on any atom is 0.240 e. The van der Waals surface area contributed by atoms with Gasteiger partial charge in [-0.25, -0.2) is 23.1 Å². The second-order valence-electron chi connectivity index (χ2n) is 8.41. The number of hydrogen-bond acceptors (Lipinski definition) is 4. The molecule has 4 aromatic rings. The number of nitrogens with zero attached hydrogens (tertiary/aromatic N) is 3. The zero-order chi connectivity index (χ0) is 22.1. The Morgan fingerprint density at radius 1 is 1.00 bits per heavy atom. The van der Waals surface area contributed by atoms with E-state index in [0.29, 0.717) is 17.3 Å². The summed E-state index contributed by atoms with van der Waals surface area (Å²) >= 11 is 0. The fraction of sp³-hybridized carbons (Fsp3) is 0.280.